The number of carbonyl (C=O) groups excluding carboxylic acids is 1. The van der Waals surface area contributed by atoms with Crippen molar-refractivity contribution < 1.29 is 9.90 Å². The maximum absolute atomic E-state index is 12.5. The van der Waals surface area contributed by atoms with Gasteiger partial charge in [-0.25, -0.2) is 4.98 Å². The smallest absolute Gasteiger partial charge is 0.253 e. The average Bonchev–Trinajstić information content (AvgIpc) is 2.68. The zero-order chi connectivity index (χ0) is 17.2. The summed E-state index contributed by atoms with van der Waals surface area (Å²) in [7, 11) is 0. The van der Waals surface area contributed by atoms with Crippen LogP contribution < -0.4 is 4.90 Å². The van der Waals surface area contributed by atoms with Gasteiger partial charge in [-0.2, -0.15) is 0 Å². The fraction of sp³-hybridized carbons (Fsp3) is 0.200. The lowest BCUT2D eigenvalue weighted by molar-refractivity contribution is 0.0746. The number of anilines is 1. The zero-order valence-corrected chi connectivity index (χ0v) is 13.8. The summed E-state index contributed by atoms with van der Waals surface area (Å²) in [6, 6.07) is 18.7. The van der Waals surface area contributed by atoms with Crippen molar-refractivity contribution in [3.05, 3.63) is 66.2 Å². The Morgan fingerprint density at radius 1 is 0.880 bits per heavy atom. The average molecular weight is 333 g/mol. The summed E-state index contributed by atoms with van der Waals surface area (Å²) in [5.74, 6) is 1.10. The summed E-state index contributed by atoms with van der Waals surface area (Å²) in [6.07, 6.45) is 0. The van der Waals surface area contributed by atoms with Crippen LogP contribution in [0.5, 0.6) is 5.75 Å². The normalized spacial score (nSPS) is 14.7. The Morgan fingerprint density at radius 2 is 1.64 bits per heavy atom. The van der Waals surface area contributed by atoms with Gasteiger partial charge in [0.15, 0.2) is 0 Å². The molecule has 5 nitrogen and oxygen atoms in total. The largest absolute Gasteiger partial charge is 0.506 e. The Morgan fingerprint density at radius 3 is 2.40 bits per heavy atom. The molecule has 1 aromatic heterocycles. The van der Waals surface area contributed by atoms with Gasteiger partial charge >= 0.3 is 0 Å². The molecule has 0 unspecified atom stereocenters. The molecule has 2 aromatic carbocycles. The summed E-state index contributed by atoms with van der Waals surface area (Å²) in [6.45, 7) is 2.78. The van der Waals surface area contributed by atoms with Crippen LogP contribution in [-0.4, -0.2) is 47.1 Å². The number of pyridine rings is 1. The molecule has 25 heavy (non-hydrogen) atoms. The number of phenolic OH excluding ortho intramolecular Hbond substituents is 1. The molecule has 0 aliphatic carbocycles. The van der Waals surface area contributed by atoms with E-state index < -0.39 is 0 Å². The highest BCUT2D eigenvalue weighted by atomic mass is 16.3. The fourth-order valence-corrected chi connectivity index (χ4v) is 3.20. The van der Waals surface area contributed by atoms with E-state index in [1.807, 2.05) is 59.5 Å². The van der Waals surface area contributed by atoms with Crippen LogP contribution in [-0.2, 0) is 0 Å². The summed E-state index contributed by atoms with van der Waals surface area (Å²) < 4.78 is 0. The summed E-state index contributed by atoms with van der Waals surface area (Å²) in [4.78, 5) is 21.2. The molecule has 3 aromatic rings. The molecule has 5 heteroatoms. The number of nitrogens with zero attached hydrogens (tertiary/aromatic N) is 3. The molecule has 0 spiro atoms. The van der Waals surface area contributed by atoms with Crippen molar-refractivity contribution >= 4 is 22.6 Å². The lowest BCUT2D eigenvalue weighted by Crippen LogP contribution is -2.49. The first kappa shape index (κ1) is 15.4. The maximum Gasteiger partial charge on any atom is 0.253 e. The number of para-hydroxylation sites is 1. The van der Waals surface area contributed by atoms with E-state index >= 15 is 0 Å². The van der Waals surface area contributed by atoms with Gasteiger partial charge in [0.2, 0.25) is 0 Å². The predicted molar refractivity (Wildman–Crippen MR) is 98.0 cm³/mol. The standard InChI is InChI=1S/C20H19N3O2/c24-17-8-4-7-15-9-10-18(21-19(15)17)22-11-13-23(14-12-22)20(25)16-5-2-1-3-6-16/h1-10,24H,11-14H2. The van der Waals surface area contributed by atoms with Gasteiger partial charge in [0.05, 0.1) is 0 Å². The molecule has 1 fully saturated rings. The Kier molecular flexibility index (Phi) is 3.98. The van der Waals surface area contributed by atoms with Crippen LogP contribution in [0.15, 0.2) is 60.7 Å². The van der Waals surface area contributed by atoms with Crippen LogP contribution in [0.3, 0.4) is 0 Å². The molecule has 0 saturated carbocycles. The third-order valence-corrected chi connectivity index (χ3v) is 4.60. The highest BCUT2D eigenvalue weighted by Gasteiger charge is 2.23. The number of aromatic hydroxyl groups is 1. The Labute approximate surface area is 146 Å². The molecular formula is C20H19N3O2. The van der Waals surface area contributed by atoms with Crippen molar-refractivity contribution in [1.29, 1.82) is 0 Å². The van der Waals surface area contributed by atoms with Crippen molar-refractivity contribution in [2.24, 2.45) is 0 Å². The number of benzene rings is 2. The van der Waals surface area contributed by atoms with Crippen LogP contribution in [0, 0.1) is 0 Å². The number of hydrogen-bond acceptors (Lipinski definition) is 4. The van der Waals surface area contributed by atoms with E-state index in [0.29, 0.717) is 18.6 Å². The SMILES string of the molecule is O=C(c1ccccc1)N1CCN(c2ccc3cccc(O)c3n2)CC1. The van der Waals surface area contributed by atoms with Crippen molar-refractivity contribution in [2.45, 2.75) is 0 Å². The van der Waals surface area contributed by atoms with E-state index in [1.54, 1.807) is 6.07 Å². The van der Waals surface area contributed by atoms with Crippen molar-refractivity contribution in [2.75, 3.05) is 31.1 Å². The minimum atomic E-state index is 0.0735. The molecule has 1 N–H and O–H groups in total. The molecule has 126 valence electrons. The molecule has 1 saturated heterocycles. The number of phenols is 1. The third kappa shape index (κ3) is 3.01. The first-order valence-electron chi connectivity index (χ1n) is 8.40. The van der Waals surface area contributed by atoms with E-state index in [0.717, 1.165) is 29.9 Å². The van der Waals surface area contributed by atoms with Crippen molar-refractivity contribution in [3.63, 3.8) is 0 Å². The second-order valence-corrected chi connectivity index (χ2v) is 6.16. The van der Waals surface area contributed by atoms with Gasteiger partial charge in [0, 0.05) is 37.1 Å². The Bertz CT molecular complexity index is 903. The fourth-order valence-electron chi connectivity index (χ4n) is 3.20. The lowest BCUT2D eigenvalue weighted by atomic mass is 10.1. The number of carbonyl (C=O) groups is 1. The Balaban J connectivity index is 1.49. The van der Waals surface area contributed by atoms with Gasteiger partial charge in [0.25, 0.3) is 5.91 Å². The monoisotopic (exact) mass is 333 g/mol. The molecule has 4 rings (SSSR count). The summed E-state index contributed by atoms with van der Waals surface area (Å²) >= 11 is 0. The van der Waals surface area contributed by atoms with Gasteiger partial charge in [-0.3, -0.25) is 4.79 Å². The molecule has 0 atom stereocenters. The molecule has 1 aliphatic rings. The zero-order valence-electron chi connectivity index (χ0n) is 13.8. The Hall–Kier alpha value is -3.08. The second-order valence-electron chi connectivity index (χ2n) is 6.16. The molecule has 2 heterocycles. The van der Waals surface area contributed by atoms with E-state index in [4.69, 9.17) is 0 Å². The van der Waals surface area contributed by atoms with Crippen LogP contribution in [0.4, 0.5) is 5.82 Å². The molecular weight excluding hydrogens is 314 g/mol. The van der Waals surface area contributed by atoms with Crippen LogP contribution in [0.1, 0.15) is 10.4 Å². The lowest BCUT2D eigenvalue weighted by Gasteiger charge is -2.35. The molecule has 0 radical (unpaired) electrons. The van der Waals surface area contributed by atoms with Crippen LogP contribution in [0.2, 0.25) is 0 Å². The van der Waals surface area contributed by atoms with Gasteiger partial charge in [-0.05, 0) is 30.3 Å². The van der Waals surface area contributed by atoms with Crippen molar-refractivity contribution in [3.8, 4) is 5.75 Å². The van der Waals surface area contributed by atoms with Gasteiger partial charge < -0.3 is 14.9 Å². The number of rotatable bonds is 2. The predicted octanol–water partition coefficient (Wildman–Crippen LogP) is 2.90. The molecule has 1 aliphatic heterocycles. The second kappa shape index (κ2) is 6.43. The number of fused-ring (bicyclic) bond motifs is 1. The van der Waals surface area contributed by atoms with Gasteiger partial charge in [0.1, 0.15) is 17.1 Å². The van der Waals surface area contributed by atoms with E-state index in [2.05, 4.69) is 9.88 Å². The number of aromatic nitrogens is 1. The highest BCUT2D eigenvalue weighted by Crippen LogP contribution is 2.25. The van der Waals surface area contributed by atoms with Gasteiger partial charge in [-0.15, -0.1) is 0 Å². The number of hydrogen-bond donors (Lipinski definition) is 1. The van der Waals surface area contributed by atoms with E-state index in [-0.39, 0.29) is 11.7 Å². The van der Waals surface area contributed by atoms with Crippen LogP contribution in [0.25, 0.3) is 10.9 Å². The quantitative estimate of drug-likeness (QED) is 0.783. The summed E-state index contributed by atoms with van der Waals surface area (Å²) in [5.41, 5.74) is 1.34. The number of piperazine rings is 1. The molecule has 0 bridgehead atoms. The summed E-state index contributed by atoms with van der Waals surface area (Å²) in [5, 5.41) is 10.9. The minimum Gasteiger partial charge on any atom is -0.506 e. The first-order chi connectivity index (χ1) is 12.2. The number of amides is 1. The van der Waals surface area contributed by atoms with E-state index in [9.17, 15) is 9.90 Å². The molecule has 1 amide bonds. The van der Waals surface area contributed by atoms with Crippen LogP contribution >= 0.6 is 0 Å². The van der Waals surface area contributed by atoms with Gasteiger partial charge in [-0.1, -0.05) is 30.3 Å². The maximum atomic E-state index is 12.5. The van der Waals surface area contributed by atoms with Crippen molar-refractivity contribution in [1.82, 2.24) is 9.88 Å². The first-order valence-corrected chi connectivity index (χ1v) is 8.40. The van der Waals surface area contributed by atoms with E-state index in [1.165, 1.54) is 0 Å². The third-order valence-electron chi connectivity index (χ3n) is 4.60. The minimum absolute atomic E-state index is 0.0735. The topological polar surface area (TPSA) is 56.7 Å². The highest BCUT2D eigenvalue weighted by molar-refractivity contribution is 5.94.